The highest BCUT2D eigenvalue weighted by atomic mass is 32.2. The molecule has 2 N–H and O–H groups in total. The molecule has 13 heavy (non-hydrogen) atoms. The van der Waals surface area contributed by atoms with E-state index in [0.29, 0.717) is 6.54 Å². The summed E-state index contributed by atoms with van der Waals surface area (Å²) < 4.78 is 1.88. The lowest BCUT2D eigenvalue weighted by molar-refractivity contribution is 0.632. The Morgan fingerprint density at radius 3 is 3.15 bits per heavy atom. The van der Waals surface area contributed by atoms with Crippen LogP contribution in [0.4, 0.5) is 0 Å². The fourth-order valence-electron chi connectivity index (χ4n) is 1.01. The van der Waals surface area contributed by atoms with Crippen molar-refractivity contribution in [2.75, 3.05) is 18.1 Å². The van der Waals surface area contributed by atoms with Crippen molar-refractivity contribution in [2.24, 2.45) is 5.73 Å². The van der Waals surface area contributed by atoms with Gasteiger partial charge in [-0.2, -0.15) is 11.8 Å². The van der Waals surface area contributed by atoms with Crippen LogP contribution < -0.4 is 5.73 Å². The van der Waals surface area contributed by atoms with Gasteiger partial charge in [-0.1, -0.05) is 12.1 Å². The standard InChI is InChI=1S/C8H16N4S/c1-2-13-6-5-12-7-8(3-4-9)10-11-12/h7H,2-6,9H2,1H3. The maximum atomic E-state index is 5.41. The summed E-state index contributed by atoms with van der Waals surface area (Å²) in [7, 11) is 0. The Kier molecular flexibility index (Phi) is 4.85. The van der Waals surface area contributed by atoms with Crippen molar-refractivity contribution in [3.8, 4) is 0 Å². The Hall–Kier alpha value is -0.550. The van der Waals surface area contributed by atoms with Crippen molar-refractivity contribution in [2.45, 2.75) is 19.9 Å². The molecule has 1 aromatic rings. The lowest BCUT2D eigenvalue weighted by Crippen LogP contribution is -2.03. The van der Waals surface area contributed by atoms with E-state index < -0.39 is 0 Å². The van der Waals surface area contributed by atoms with Crippen LogP contribution in [0.2, 0.25) is 0 Å². The van der Waals surface area contributed by atoms with Crippen LogP contribution in [0.5, 0.6) is 0 Å². The summed E-state index contributed by atoms with van der Waals surface area (Å²) in [4.78, 5) is 0. The van der Waals surface area contributed by atoms with Gasteiger partial charge in [0.1, 0.15) is 0 Å². The third-order valence-electron chi connectivity index (χ3n) is 1.66. The molecule has 1 heterocycles. The Balaban J connectivity index is 2.31. The zero-order chi connectivity index (χ0) is 9.52. The highest BCUT2D eigenvalue weighted by molar-refractivity contribution is 7.99. The Morgan fingerprint density at radius 2 is 2.46 bits per heavy atom. The molecule has 0 aliphatic carbocycles. The zero-order valence-electron chi connectivity index (χ0n) is 7.94. The number of hydrogen-bond acceptors (Lipinski definition) is 4. The van der Waals surface area contributed by atoms with E-state index >= 15 is 0 Å². The van der Waals surface area contributed by atoms with Gasteiger partial charge < -0.3 is 5.73 Å². The SMILES string of the molecule is CCSCCn1cc(CCN)nn1. The van der Waals surface area contributed by atoms with Gasteiger partial charge in [-0.15, -0.1) is 5.10 Å². The van der Waals surface area contributed by atoms with Crippen LogP contribution in [0.1, 0.15) is 12.6 Å². The molecule has 1 rings (SSSR count). The molecule has 0 atom stereocenters. The summed E-state index contributed by atoms with van der Waals surface area (Å²) in [6.07, 6.45) is 2.80. The van der Waals surface area contributed by atoms with Gasteiger partial charge in [0.15, 0.2) is 0 Å². The third kappa shape index (κ3) is 3.78. The fourth-order valence-corrected chi connectivity index (χ4v) is 1.62. The maximum Gasteiger partial charge on any atom is 0.0839 e. The maximum absolute atomic E-state index is 5.41. The Bertz CT molecular complexity index is 236. The lowest BCUT2D eigenvalue weighted by Gasteiger charge is -1.97. The van der Waals surface area contributed by atoms with Gasteiger partial charge in [0.05, 0.1) is 12.2 Å². The summed E-state index contributed by atoms with van der Waals surface area (Å²) in [6.45, 7) is 3.74. The molecule has 5 heteroatoms. The van der Waals surface area contributed by atoms with Gasteiger partial charge in [0, 0.05) is 18.4 Å². The van der Waals surface area contributed by atoms with E-state index in [-0.39, 0.29) is 0 Å². The Labute approximate surface area is 82.9 Å². The van der Waals surface area contributed by atoms with Crippen LogP contribution in [0.25, 0.3) is 0 Å². The summed E-state index contributed by atoms with van der Waals surface area (Å²) in [6, 6.07) is 0. The van der Waals surface area contributed by atoms with Crippen LogP contribution in [0.3, 0.4) is 0 Å². The monoisotopic (exact) mass is 200 g/mol. The molecule has 4 nitrogen and oxygen atoms in total. The number of hydrogen-bond donors (Lipinski definition) is 1. The Morgan fingerprint density at radius 1 is 1.62 bits per heavy atom. The molecule has 1 aromatic heterocycles. The molecule has 0 amide bonds. The average molecular weight is 200 g/mol. The number of aromatic nitrogens is 3. The van der Waals surface area contributed by atoms with E-state index in [1.54, 1.807) is 0 Å². The van der Waals surface area contributed by atoms with Crippen LogP contribution in [0, 0.1) is 0 Å². The average Bonchev–Trinajstić information content (AvgIpc) is 2.54. The van der Waals surface area contributed by atoms with Gasteiger partial charge in [-0.3, -0.25) is 4.68 Å². The zero-order valence-corrected chi connectivity index (χ0v) is 8.76. The van der Waals surface area contributed by atoms with Crippen LogP contribution in [0.15, 0.2) is 6.20 Å². The van der Waals surface area contributed by atoms with E-state index in [2.05, 4.69) is 17.2 Å². The van der Waals surface area contributed by atoms with Crippen molar-refractivity contribution in [3.05, 3.63) is 11.9 Å². The second kappa shape index (κ2) is 5.99. The number of aryl methyl sites for hydroxylation is 1. The predicted octanol–water partition coefficient (Wildman–Crippen LogP) is 0.532. The van der Waals surface area contributed by atoms with E-state index in [4.69, 9.17) is 5.73 Å². The molecule has 0 saturated carbocycles. The number of thioether (sulfide) groups is 1. The van der Waals surface area contributed by atoms with Crippen LogP contribution >= 0.6 is 11.8 Å². The molecule has 0 aliphatic heterocycles. The van der Waals surface area contributed by atoms with Gasteiger partial charge in [-0.05, 0) is 12.3 Å². The molecule has 0 fully saturated rings. The molecule has 0 saturated heterocycles. The van der Waals surface area contributed by atoms with Crippen molar-refractivity contribution in [1.82, 2.24) is 15.0 Å². The smallest absolute Gasteiger partial charge is 0.0839 e. The van der Waals surface area contributed by atoms with E-state index in [0.717, 1.165) is 30.2 Å². The lowest BCUT2D eigenvalue weighted by atomic mass is 10.3. The minimum atomic E-state index is 0.641. The first-order chi connectivity index (χ1) is 6.36. The molecule has 0 bridgehead atoms. The molecule has 0 aromatic carbocycles. The van der Waals surface area contributed by atoms with Crippen LogP contribution in [-0.4, -0.2) is 33.0 Å². The highest BCUT2D eigenvalue weighted by Gasteiger charge is 1.98. The quantitative estimate of drug-likeness (QED) is 0.681. The largest absolute Gasteiger partial charge is 0.330 e. The molecular formula is C8H16N4S. The first kappa shape index (κ1) is 10.5. The number of rotatable bonds is 6. The molecular weight excluding hydrogens is 184 g/mol. The van der Waals surface area contributed by atoms with Gasteiger partial charge in [0.25, 0.3) is 0 Å². The van der Waals surface area contributed by atoms with Crippen molar-refractivity contribution in [3.63, 3.8) is 0 Å². The summed E-state index contributed by atoms with van der Waals surface area (Å²) >= 11 is 1.91. The van der Waals surface area contributed by atoms with Crippen LogP contribution in [-0.2, 0) is 13.0 Å². The fraction of sp³-hybridized carbons (Fsp3) is 0.750. The van der Waals surface area contributed by atoms with Crippen molar-refractivity contribution >= 4 is 11.8 Å². The van der Waals surface area contributed by atoms with Gasteiger partial charge in [0.2, 0.25) is 0 Å². The molecule has 0 aliphatic rings. The van der Waals surface area contributed by atoms with Crippen molar-refractivity contribution < 1.29 is 0 Å². The first-order valence-corrected chi connectivity index (χ1v) is 5.69. The minimum absolute atomic E-state index is 0.641. The second-order valence-electron chi connectivity index (χ2n) is 2.71. The second-order valence-corrected chi connectivity index (χ2v) is 4.10. The van der Waals surface area contributed by atoms with Gasteiger partial charge in [-0.25, -0.2) is 0 Å². The highest BCUT2D eigenvalue weighted by Crippen LogP contribution is 2.00. The predicted molar refractivity (Wildman–Crippen MR) is 55.8 cm³/mol. The summed E-state index contributed by atoms with van der Waals surface area (Å²) in [5.41, 5.74) is 6.40. The topological polar surface area (TPSA) is 56.7 Å². The van der Waals surface area contributed by atoms with Crippen molar-refractivity contribution in [1.29, 1.82) is 0 Å². The van der Waals surface area contributed by atoms with E-state index in [1.165, 1.54) is 0 Å². The number of nitrogens with zero attached hydrogens (tertiary/aromatic N) is 3. The summed E-state index contributed by atoms with van der Waals surface area (Å²) in [5.74, 6) is 2.26. The number of nitrogens with two attached hydrogens (primary N) is 1. The van der Waals surface area contributed by atoms with Gasteiger partial charge >= 0.3 is 0 Å². The molecule has 0 radical (unpaired) electrons. The minimum Gasteiger partial charge on any atom is -0.330 e. The first-order valence-electron chi connectivity index (χ1n) is 4.53. The molecule has 74 valence electrons. The normalized spacial score (nSPS) is 10.6. The summed E-state index contributed by atoms with van der Waals surface area (Å²) in [5, 5.41) is 8.01. The molecule has 0 spiro atoms. The molecule has 0 unspecified atom stereocenters. The van der Waals surface area contributed by atoms with E-state index in [1.807, 2.05) is 22.6 Å². The van der Waals surface area contributed by atoms with E-state index in [9.17, 15) is 0 Å². The third-order valence-corrected chi connectivity index (χ3v) is 2.53.